The summed E-state index contributed by atoms with van der Waals surface area (Å²) >= 11 is 0. The standard InChI is InChI=1S/C28H34N2O2.C3H8.C2H6/c1-19(2)17-23-7-6-8-26(20(3)4)27(23)29-28(32)30(24-13-9-21(5)10-14-24)18-22-11-15-25(31)16-12-22;1-3-2;1-2/h6-16,19-20,31H,17-18H2,1-5H3,(H,29,32);3H2,1-2H3;1-2H3. The third kappa shape index (κ3) is 10.3. The van der Waals surface area contributed by atoms with E-state index in [1.54, 1.807) is 17.0 Å². The maximum atomic E-state index is 13.6. The number of phenols is 1. The smallest absolute Gasteiger partial charge is 0.326 e. The Morgan fingerprint density at radius 3 is 1.97 bits per heavy atom. The number of carbonyl (C=O) groups excluding carboxylic acids is 1. The number of aromatic hydroxyl groups is 1. The Hall–Kier alpha value is -3.27. The molecule has 0 fully saturated rings. The van der Waals surface area contributed by atoms with Gasteiger partial charge < -0.3 is 10.4 Å². The minimum absolute atomic E-state index is 0.167. The van der Waals surface area contributed by atoms with Gasteiger partial charge in [0, 0.05) is 11.4 Å². The van der Waals surface area contributed by atoms with E-state index in [9.17, 15) is 9.90 Å². The van der Waals surface area contributed by atoms with Crippen molar-refractivity contribution in [3.05, 3.63) is 89.0 Å². The van der Waals surface area contributed by atoms with Crippen LogP contribution in [0.4, 0.5) is 16.2 Å². The second kappa shape index (κ2) is 16.5. The minimum Gasteiger partial charge on any atom is -0.508 e. The van der Waals surface area contributed by atoms with E-state index >= 15 is 0 Å². The molecule has 0 aliphatic heterocycles. The summed E-state index contributed by atoms with van der Waals surface area (Å²) in [6.07, 6.45) is 2.15. The maximum absolute atomic E-state index is 13.6. The molecule has 202 valence electrons. The molecule has 0 saturated carbocycles. The van der Waals surface area contributed by atoms with Crippen LogP contribution in [0.1, 0.15) is 90.0 Å². The largest absolute Gasteiger partial charge is 0.508 e. The Kier molecular flexibility index (Phi) is 14.1. The number of rotatable bonds is 7. The monoisotopic (exact) mass is 504 g/mol. The molecule has 0 unspecified atom stereocenters. The Morgan fingerprint density at radius 2 is 1.46 bits per heavy atom. The highest BCUT2D eigenvalue weighted by molar-refractivity contribution is 6.02. The summed E-state index contributed by atoms with van der Waals surface area (Å²) in [4.78, 5) is 15.4. The van der Waals surface area contributed by atoms with Crippen molar-refractivity contribution in [2.45, 2.75) is 87.6 Å². The molecule has 3 rings (SSSR count). The highest BCUT2D eigenvalue weighted by Crippen LogP contribution is 2.31. The van der Waals surface area contributed by atoms with Gasteiger partial charge in [-0.15, -0.1) is 0 Å². The predicted molar refractivity (Wildman–Crippen MR) is 161 cm³/mol. The normalized spacial score (nSPS) is 10.2. The first-order chi connectivity index (χ1) is 17.7. The van der Waals surface area contributed by atoms with Gasteiger partial charge in [0.25, 0.3) is 0 Å². The molecule has 4 heteroatoms. The molecule has 0 bridgehead atoms. The molecule has 3 aromatic rings. The van der Waals surface area contributed by atoms with E-state index in [1.165, 1.54) is 6.42 Å². The Balaban J connectivity index is 0.00000127. The van der Waals surface area contributed by atoms with Crippen LogP contribution < -0.4 is 10.2 Å². The molecule has 0 aromatic heterocycles. The predicted octanol–water partition coefficient (Wildman–Crippen LogP) is 9.70. The third-order valence-corrected chi connectivity index (χ3v) is 5.53. The lowest BCUT2D eigenvalue weighted by Gasteiger charge is -2.26. The van der Waals surface area contributed by atoms with Gasteiger partial charge in [0.2, 0.25) is 0 Å². The zero-order valence-corrected chi connectivity index (χ0v) is 24.4. The van der Waals surface area contributed by atoms with Crippen LogP contribution in [0.3, 0.4) is 0 Å². The molecule has 37 heavy (non-hydrogen) atoms. The second-order valence-corrected chi connectivity index (χ2v) is 9.86. The van der Waals surface area contributed by atoms with Crippen molar-refractivity contribution >= 4 is 17.4 Å². The first-order valence-electron chi connectivity index (χ1n) is 13.7. The van der Waals surface area contributed by atoms with Crippen LogP contribution in [-0.4, -0.2) is 11.1 Å². The van der Waals surface area contributed by atoms with E-state index in [4.69, 9.17) is 0 Å². The molecule has 0 spiro atoms. The second-order valence-electron chi connectivity index (χ2n) is 9.86. The van der Waals surface area contributed by atoms with Crippen LogP contribution in [-0.2, 0) is 13.0 Å². The number of benzene rings is 3. The zero-order chi connectivity index (χ0) is 28.0. The fraction of sp³-hybridized carbons (Fsp3) is 0.424. The van der Waals surface area contributed by atoms with Gasteiger partial charge in [-0.3, -0.25) is 4.90 Å². The molecule has 4 nitrogen and oxygen atoms in total. The molecular weight excluding hydrogens is 456 g/mol. The summed E-state index contributed by atoms with van der Waals surface area (Å²) in [6.45, 7) is 19.4. The number of amides is 2. The van der Waals surface area contributed by atoms with E-state index in [1.807, 2.05) is 57.2 Å². The van der Waals surface area contributed by atoms with Crippen molar-refractivity contribution in [2.75, 3.05) is 10.2 Å². The minimum atomic E-state index is -0.167. The van der Waals surface area contributed by atoms with E-state index in [0.717, 1.165) is 40.0 Å². The quantitative estimate of drug-likeness (QED) is 0.336. The summed E-state index contributed by atoms with van der Waals surface area (Å²) in [5.41, 5.74) is 6.14. The topological polar surface area (TPSA) is 52.6 Å². The van der Waals surface area contributed by atoms with Crippen molar-refractivity contribution in [1.82, 2.24) is 0 Å². The van der Waals surface area contributed by atoms with E-state index in [0.29, 0.717) is 18.4 Å². The number of nitrogens with one attached hydrogen (secondary N) is 1. The molecule has 0 atom stereocenters. The number of hydrogen-bond acceptors (Lipinski definition) is 2. The lowest BCUT2D eigenvalue weighted by molar-refractivity contribution is 0.256. The third-order valence-electron chi connectivity index (χ3n) is 5.53. The lowest BCUT2D eigenvalue weighted by atomic mass is 9.93. The van der Waals surface area contributed by atoms with Crippen molar-refractivity contribution in [1.29, 1.82) is 0 Å². The lowest BCUT2D eigenvalue weighted by Crippen LogP contribution is -2.35. The molecule has 3 aromatic carbocycles. The fourth-order valence-corrected chi connectivity index (χ4v) is 3.83. The van der Waals surface area contributed by atoms with Crippen molar-refractivity contribution < 1.29 is 9.90 Å². The number of carbonyl (C=O) groups is 1. The number of nitrogens with zero attached hydrogens (tertiary/aromatic N) is 1. The van der Waals surface area contributed by atoms with Crippen LogP contribution in [0.15, 0.2) is 66.7 Å². The van der Waals surface area contributed by atoms with Crippen molar-refractivity contribution in [2.24, 2.45) is 5.92 Å². The zero-order valence-electron chi connectivity index (χ0n) is 24.4. The van der Waals surface area contributed by atoms with Crippen molar-refractivity contribution in [3.8, 4) is 5.75 Å². The highest BCUT2D eigenvalue weighted by atomic mass is 16.3. The number of para-hydroxylation sites is 1. The van der Waals surface area contributed by atoms with Crippen LogP contribution in [0.2, 0.25) is 0 Å². The molecule has 0 aliphatic rings. The summed E-state index contributed by atoms with van der Waals surface area (Å²) in [5.74, 6) is 0.991. The number of phenolic OH excluding ortho intramolecular Hbond substituents is 1. The van der Waals surface area contributed by atoms with Gasteiger partial charge >= 0.3 is 6.03 Å². The van der Waals surface area contributed by atoms with Gasteiger partial charge in [-0.2, -0.15) is 0 Å². The van der Waals surface area contributed by atoms with Crippen LogP contribution in [0, 0.1) is 12.8 Å². The Labute approximate surface area is 225 Å². The molecule has 0 saturated heterocycles. The number of aryl methyl sites for hydroxylation is 1. The van der Waals surface area contributed by atoms with E-state index in [-0.39, 0.29) is 11.8 Å². The van der Waals surface area contributed by atoms with Crippen molar-refractivity contribution in [3.63, 3.8) is 0 Å². The van der Waals surface area contributed by atoms with Gasteiger partial charge in [0.1, 0.15) is 5.75 Å². The molecule has 0 radical (unpaired) electrons. The molecule has 0 heterocycles. The molecule has 2 N–H and O–H groups in total. The Bertz CT molecular complexity index is 1050. The van der Waals surface area contributed by atoms with Gasteiger partial charge in [0.05, 0.1) is 6.54 Å². The average molecular weight is 505 g/mol. The van der Waals surface area contributed by atoms with Gasteiger partial charge in [-0.1, -0.05) is 110 Å². The molecule has 0 aliphatic carbocycles. The summed E-state index contributed by atoms with van der Waals surface area (Å²) in [7, 11) is 0. The van der Waals surface area contributed by atoms with E-state index in [2.05, 4.69) is 65.1 Å². The fourth-order valence-electron chi connectivity index (χ4n) is 3.83. The highest BCUT2D eigenvalue weighted by Gasteiger charge is 2.20. The van der Waals surface area contributed by atoms with Gasteiger partial charge in [-0.05, 0) is 66.1 Å². The molecular formula is C33H48N2O2. The molecule has 2 amide bonds. The first kappa shape index (κ1) is 31.8. The number of anilines is 2. The number of urea groups is 1. The van der Waals surface area contributed by atoms with Gasteiger partial charge in [0.15, 0.2) is 0 Å². The van der Waals surface area contributed by atoms with Crippen LogP contribution >= 0.6 is 0 Å². The van der Waals surface area contributed by atoms with Gasteiger partial charge in [-0.25, -0.2) is 4.79 Å². The SMILES string of the molecule is CC.CCC.Cc1ccc(N(Cc2ccc(O)cc2)C(=O)Nc2c(CC(C)C)cccc2C(C)C)cc1. The van der Waals surface area contributed by atoms with E-state index < -0.39 is 0 Å². The first-order valence-corrected chi connectivity index (χ1v) is 13.7. The maximum Gasteiger partial charge on any atom is 0.326 e. The number of hydrogen-bond donors (Lipinski definition) is 2. The summed E-state index contributed by atoms with van der Waals surface area (Å²) in [5, 5.41) is 12.9. The summed E-state index contributed by atoms with van der Waals surface area (Å²) < 4.78 is 0. The van der Waals surface area contributed by atoms with Crippen LogP contribution in [0.25, 0.3) is 0 Å². The average Bonchev–Trinajstić information content (AvgIpc) is 2.86. The van der Waals surface area contributed by atoms with Crippen LogP contribution in [0.5, 0.6) is 5.75 Å². The Morgan fingerprint density at radius 1 is 0.892 bits per heavy atom. The summed E-state index contributed by atoms with van der Waals surface area (Å²) in [6, 6.07) is 21.1.